The topological polar surface area (TPSA) is 113 Å². The van der Waals surface area contributed by atoms with E-state index < -0.39 is 17.7 Å². The fourth-order valence-corrected chi connectivity index (χ4v) is 2.53. The number of anilines is 2. The average molecular weight is 404 g/mol. The molecule has 8 nitrogen and oxygen atoms in total. The van der Waals surface area contributed by atoms with Crippen LogP contribution in [0.25, 0.3) is 0 Å². The average Bonchev–Trinajstić information content (AvgIpc) is 3.15. The molecule has 3 aromatic rings. The number of hydrogen-bond donors (Lipinski definition) is 3. The van der Waals surface area contributed by atoms with Crippen molar-refractivity contribution in [2.45, 2.75) is 13.8 Å². The minimum Gasteiger partial charge on any atom is -0.460 e. The van der Waals surface area contributed by atoms with Crippen molar-refractivity contribution in [3.8, 4) is 0 Å². The number of carbonyl (C=O) groups is 3. The lowest BCUT2D eigenvalue weighted by Crippen LogP contribution is -2.33. The molecule has 2 aromatic carbocycles. The van der Waals surface area contributed by atoms with Gasteiger partial charge in [-0.2, -0.15) is 5.10 Å². The van der Waals surface area contributed by atoms with Gasteiger partial charge < -0.3 is 15.1 Å². The number of furan rings is 1. The zero-order chi connectivity index (χ0) is 21.5. The first-order chi connectivity index (χ1) is 14.4. The maximum absolute atomic E-state index is 12.6. The molecular formula is C22H20N4O4. The summed E-state index contributed by atoms with van der Waals surface area (Å²) >= 11 is 0. The van der Waals surface area contributed by atoms with Gasteiger partial charge in [-0.25, -0.2) is 5.43 Å². The van der Waals surface area contributed by atoms with Gasteiger partial charge in [0.25, 0.3) is 5.91 Å². The second-order valence-corrected chi connectivity index (χ2v) is 6.47. The number of amides is 3. The number of rotatable bonds is 5. The van der Waals surface area contributed by atoms with Crippen molar-refractivity contribution in [1.29, 1.82) is 0 Å². The predicted octanol–water partition coefficient (Wildman–Crippen LogP) is 3.24. The Morgan fingerprint density at radius 1 is 0.867 bits per heavy atom. The third-order valence-corrected chi connectivity index (χ3v) is 4.05. The summed E-state index contributed by atoms with van der Waals surface area (Å²) in [6, 6.07) is 17.1. The molecular weight excluding hydrogens is 384 g/mol. The fraction of sp³-hybridized carbons (Fsp3) is 0.0909. The molecule has 8 heteroatoms. The van der Waals surface area contributed by atoms with E-state index >= 15 is 0 Å². The van der Waals surface area contributed by atoms with Crippen LogP contribution in [0.15, 0.2) is 70.2 Å². The first-order valence-corrected chi connectivity index (χ1v) is 9.10. The number of benzene rings is 2. The molecule has 0 radical (unpaired) electrons. The van der Waals surface area contributed by atoms with Crippen LogP contribution in [-0.2, 0) is 9.59 Å². The molecule has 0 spiro atoms. The van der Waals surface area contributed by atoms with E-state index in [-0.39, 0.29) is 11.3 Å². The number of carbonyl (C=O) groups excluding carboxylic acids is 3. The molecule has 0 aliphatic rings. The van der Waals surface area contributed by atoms with Crippen LogP contribution in [0.3, 0.4) is 0 Å². The lowest BCUT2D eigenvalue weighted by atomic mass is 10.1. The number of nitrogens with one attached hydrogen (secondary N) is 3. The smallest absolute Gasteiger partial charge is 0.329 e. The molecule has 30 heavy (non-hydrogen) atoms. The summed E-state index contributed by atoms with van der Waals surface area (Å²) in [6.45, 7) is 3.72. The molecule has 1 heterocycles. The van der Waals surface area contributed by atoms with Crippen molar-refractivity contribution in [3.63, 3.8) is 0 Å². The largest absolute Gasteiger partial charge is 0.460 e. The van der Waals surface area contributed by atoms with Crippen LogP contribution in [0.2, 0.25) is 0 Å². The Hall–Kier alpha value is -4.20. The molecule has 0 aliphatic carbocycles. The second kappa shape index (κ2) is 9.33. The zero-order valence-corrected chi connectivity index (χ0v) is 16.4. The highest BCUT2D eigenvalue weighted by molar-refractivity contribution is 6.40. The van der Waals surface area contributed by atoms with Crippen LogP contribution >= 0.6 is 0 Å². The Morgan fingerprint density at radius 2 is 1.60 bits per heavy atom. The monoisotopic (exact) mass is 404 g/mol. The summed E-state index contributed by atoms with van der Waals surface area (Å²) in [5.41, 5.74) is 4.21. The van der Waals surface area contributed by atoms with E-state index in [1.165, 1.54) is 12.3 Å². The van der Waals surface area contributed by atoms with E-state index in [1.54, 1.807) is 49.4 Å². The molecule has 0 bridgehead atoms. The van der Waals surface area contributed by atoms with Gasteiger partial charge in [-0.15, -0.1) is 0 Å². The number of para-hydroxylation sites is 1. The molecule has 0 saturated carbocycles. The van der Waals surface area contributed by atoms with Crippen LogP contribution in [0, 0.1) is 13.8 Å². The summed E-state index contributed by atoms with van der Waals surface area (Å²) in [7, 11) is 0. The summed E-state index contributed by atoms with van der Waals surface area (Å²) in [6.07, 6.45) is 1.28. The Kier molecular flexibility index (Phi) is 6.39. The van der Waals surface area contributed by atoms with Crippen LogP contribution in [0.5, 0.6) is 0 Å². The number of aryl methyl sites for hydroxylation is 2. The van der Waals surface area contributed by atoms with Gasteiger partial charge in [-0.1, -0.05) is 29.8 Å². The summed E-state index contributed by atoms with van der Waals surface area (Å²) in [5, 5.41) is 8.87. The standard InChI is InChI=1S/C22H20N4O4/c1-14-7-10-16(11-8-14)24-20(27)18-5-3-4-6-19(18)25-21(28)22(29)26-23-13-17-12-9-15(2)30-17/h3-13H,1-2H3,(H,24,27)(H,25,28)(H,26,29). The highest BCUT2D eigenvalue weighted by Crippen LogP contribution is 2.18. The van der Waals surface area contributed by atoms with Crippen LogP contribution in [-0.4, -0.2) is 23.9 Å². The SMILES string of the molecule is Cc1ccc(NC(=O)c2ccccc2NC(=O)C(=O)NN=Cc2ccc(C)o2)cc1. The molecule has 0 unspecified atom stereocenters. The van der Waals surface area contributed by atoms with Gasteiger partial charge in [0.05, 0.1) is 17.5 Å². The normalized spacial score (nSPS) is 10.6. The molecule has 3 amide bonds. The highest BCUT2D eigenvalue weighted by atomic mass is 16.3. The number of hydrazone groups is 1. The van der Waals surface area contributed by atoms with Gasteiger partial charge in [-0.3, -0.25) is 14.4 Å². The lowest BCUT2D eigenvalue weighted by Gasteiger charge is -2.11. The molecule has 152 valence electrons. The number of nitrogens with zero attached hydrogens (tertiary/aromatic N) is 1. The Morgan fingerprint density at radius 3 is 2.30 bits per heavy atom. The minimum atomic E-state index is -0.983. The van der Waals surface area contributed by atoms with Crippen molar-refractivity contribution in [2.24, 2.45) is 5.10 Å². The van der Waals surface area contributed by atoms with Crippen LogP contribution < -0.4 is 16.1 Å². The number of hydrogen-bond acceptors (Lipinski definition) is 5. The molecule has 3 N–H and O–H groups in total. The van der Waals surface area contributed by atoms with Crippen molar-refractivity contribution in [1.82, 2.24) is 5.43 Å². The van der Waals surface area contributed by atoms with E-state index in [1.807, 2.05) is 19.1 Å². The van der Waals surface area contributed by atoms with Crippen LogP contribution in [0.4, 0.5) is 11.4 Å². The summed E-state index contributed by atoms with van der Waals surface area (Å²) in [5.74, 6) is -1.23. The summed E-state index contributed by atoms with van der Waals surface area (Å²) in [4.78, 5) is 36.8. The highest BCUT2D eigenvalue weighted by Gasteiger charge is 2.17. The van der Waals surface area contributed by atoms with E-state index in [0.29, 0.717) is 17.2 Å². The van der Waals surface area contributed by atoms with Gasteiger partial charge in [0.2, 0.25) is 0 Å². The quantitative estimate of drug-likeness (QED) is 0.344. The van der Waals surface area contributed by atoms with Crippen molar-refractivity contribution in [2.75, 3.05) is 10.6 Å². The second-order valence-electron chi connectivity index (χ2n) is 6.47. The lowest BCUT2D eigenvalue weighted by molar-refractivity contribution is -0.136. The minimum absolute atomic E-state index is 0.202. The van der Waals surface area contributed by atoms with Gasteiger partial charge >= 0.3 is 11.8 Å². The van der Waals surface area contributed by atoms with Crippen LogP contribution in [0.1, 0.15) is 27.4 Å². The first kappa shape index (κ1) is 20.5. The molecule has 0 atom stereocenters. The van der Waals surface area contributed by atoms with Gasteiger partial charge in [0.1, 0.15) is 11.5 Å². The zero-order valence-electron chi connectivity index (χ0n) is 16.4. The molecule has 1 aromatic heterocycles. The van der Waals surface area contributed by atoms with E-state index in [9.17, 15) is 14.4 Å². The van der Waals surface area contributed by atoms with E-state index in [4.69, 9.17) is 4.42 Å². The van der Waals surface area contributed by atoms with Gasteiger partial charge in [0.15, 0.2) is 0 Å². The maximum Gasteiger partial charge on any atom is 0.329 e. The Labute approximate surface area is 173 Å². The third kappa shape index (κ3) is 5.41. The molecule has 0 aliphatic heterocycles. The van der Waals surface area contributed by atoms with E-state index in [0.717, 1.165) is 5.56 Å². The van der Waals surface area contributed by atoms with Gasteiger partial charge in [-0.05, 0) is 50.2 Å². The Balaban J connectivity index is 1.63. The first-order valence-electron chi connectivity index (χ1n) is 9.10. The molecule has 3 rings (SSSR count). The molecule has 0 saturated heterocycles. The predicted molar refractivity (Wildman–Crippen MR) is 113 cm³/mol. The van der Waals surface area contributed by atoms with Crippen molar-refractivity contribution < 1.29 is 18.8 Å². The van der Waals surface area contributed by atoms with Crippen molar-refractivity contribution >= 4 is 35.3 Å². The van der Waals surface area contributed by atoms with E-state index in [2.05, 4.69) is 21.2 Å². The maximum atomic E-state index is 12.6. The van der Waals surface area contributed by atoms with Crippen molar-refractivity contribution in [3.05, 3.63) is 83.3 Å². The van der Waals surface area contributed by atoms with Gasteiger partial charge in [0, 0.05) is 5.69 Å². The molecule has 0 fully saturated rings. The third-order valence-electron chi connectivity index (χ3n) is 4.05. The fourth-order valence-electron chi connectivity index (χ4n) is 2.53. The Bertz CT molecular complexity index is 1100. The summed E-state index contributed by atoms with van der Waals surface area (Å²) < 4.78 is 5.27.